The zero-order valence-electron chi connectivity index (χ0n) is 21.5. The third kappa shape index (κ3) is 10.8. The highest BCUT2D eigenvalue weighted by molar-refractivity contribution is 8.00. The maximum absolute atomic E-state index is 12.6. The minimum absolute atomic E-state index is 0.0270. The lowest BCUT2D eigenvalue weighted by molar-refractivity contribution is -0.137. The molecule has 2 rings (SSSR count). The molecule has 192 valence electrons. The summed E-state index contributed by atoms with van der Waals surface area (Å²) in [6, 6.07) is 9.47. The van der Waals surface area contributed by atoms with Crippen molar-refractivity contribution < 1.29 is 9.59 Å². The van der Waals surface area contributed by atoms with Crippen LogP contribution < -0.4 is 5.73 Å². The Balaban J connectivity index is 1.53. The fraction of sp³-hybridized carbons (Fsp3) is 0.724. The summed E-state index contributed by atoms with van der Waals surface area (Å²) in [5.41, 5.74) is 6.81. The first-order valence-corrected chi connectivity index (χ1v) is 15.0. The second-order valence-electron chi connectivity index (χ2n) is 9.89. The first kappa shape index (κ1) is 28.7. The molecule has 1 heterocycles. The summed E-state index contributed by atoms with van der Waals surface area (Å²) in [4.78, 5) is 26.5. The van der Waals surface area contributed by atoms with Gasteiger partial charge in [0.1, 0.15) is 11.4 Å². The summed E-state index contributed by atoms with van der Waals surface area (Å²) in [6.45, 7) is 2.28. The Bertz CT molecular complexity index is 682. The van der Waals surface area contributed by atoms with Crippen molar-refractivity contribution in [3.05, 3.63) is 35.9 Å². The summed E-state index contributed by atoms with van der Waals surface area (Å²) in [6.07, 6.45) is 21.9. The summed E-state index contributed by atoms with van der Waals surface area (Å²) in [7, 11) is 0. The highest BCUT2D eigenvalue weighted by Gasteiger charge is 2.39. The van der Waals surface area contributed by atoms with Gasteiger partial charge in [-0.25, -0.2) is 0 Å². The number of carbonyl (C=O) groups excluding carboxylic acids is 2. The van der Waals surface area contributed by atoms with E-state index in [9.17, 15) is 9.59 Å². The van der Waals surface area contributed by atoms with Gasteiger partial charge in [-0.1, -0.05) is 140 Å². The van der Waals surface area contributed by atoms with E-state index in [2.05, 4.69) is 6.92 Å². The Hall–Kier alpha value is -1.49. The Morgan fingerprint density at radius 3 is 1.79 bits per heavy atom. The van der Waals surface area contributed by atoms with Crippen molar-refractivity contribution in [2.75, 3.05) is 5.75 Å². The Morgan fingerprint density at radius 1 is 0.853 bits per heavy atom. The quantitative estimate of drug-likeness (QED) is 0.191. The summed E-state index contributed by atoms with van der Waals surface area (Å²) in [5, 5.41) is -0.104. The number of unbranched alkanes of at least 4 members (excludes halogenated alkanes) is 15. The van der Waals surface area contributed by atoms with Gasteiger partial charge in [-0.15, -0.1) is 11.8 Å². The zero-order valence-corrected chi connectivity index (χ0v) is 22.3. The Morgan fingerprint density at radius 2 is 1.32 bits per heavy atom. The molecule has 34 heavy (non-hydrogen) atoms. The van der Waals surface area contributed by atoms with E-state index in [1.54, 1.807) is 16.7 Å². The lowest BCUT2D eigenvalue weighted by Crippen LogP contribution is -2.46. The summed E-state index contributed by atoms with van der Waals surface area (Å²) < 4.78 is 0. The van der Waals surface area contributed by atoms with Crippen LogP contribution in [0.2, 0.25) is 0 Å². The van der Waals surface area contributed by atoms with Crippen LogP contribution in [0.1, 0.15) is 127 Å². The number of nitrogens with two attached hydrogens (primary N) is 1. The van der Waals surface area contributed by atoms with Gasteiger partial charge in [0.05, 0.1) is 5.75 Å². The molecule has 1 aliphatic heterocycles. The maximum atomic E-state index is 12.6. The van der Waals surface area contributed by atoms with Gasteiger partial charge >= 0.3 is 0 Å². The normalized spacial score (nSPS) is 16.8. The number of nitrogens with zero attached hydrogens (tertiary/aromatic N) is 1. The first-order chi connectivity index (χ1) is 16.6. The number of benzene rings is 1. The largest absolute Gasteiger partial charge is 0.368 e. The maximum Gasteiger partial charge on any atom is 0.240 e. The van der Waals surface area contributed by atoms with Crippen molar-refractivity contribution in [2.24, 2.45) is 5.73 Å². The molecule has 0 bridgehead atoms. The number of amides is 2. The molecular formula is C29H48N2O2S. The van der Waals surface area contributed by atoms with Crippen molar-refractivity contribution in [1.29, 1.82) is 0 Å². The van der Waals surface area contributed by atoms with Crippen molar-refractivity contribution in [2.45, 2.75) is 127 Å². The van der Waals surface area contributed by atoms with Crippen LogP contribution in [0, 0.1) is 0 Å². The Labute approximate surface area is 212 Å². The zero-order chi connectivity index (χ0) is 24.4. The van der Waals surface area contributed by atoms with Gasteiger partial charge < -0.3 is 10.6 Å². The van der Waals surface area contributed by atoms with Crippen LogP contribution in [0.3, 0.4) is 0 Å². The van der Waals surface area contributed by atoms with Gasteiger partial charge in [0.25, 0.3) is 0 Å². The Kier molecular flexibility index (Phi) is 15.1. The monoisotopic (exact) mass is 488 g/mol. The average molecular weight is 489 g/mol. The molecule has 2 amide bonds. The third-order valence-electron chi connectivity index (χ3n) is 6.99. The standard InChI is InChI=1S/C29H48N2O2S/c1-2-3-4-5-6-7-8-9-10-11-12-13-14-15-16-20-23-26(28(30)33)31-27(32)24-34-29(31)25-21-18-17-19-22-25/h17-19,21-22,26,29H,2-16,20,23-24H2,1H3,(H2,30,33). The van der Waals surface area contributed by atoms with E-state index in [1.165, 1.54) is 89.9 Å². The molecular weight excluding hydrogens is 440 g/mol. The number of carbonyl (C=O) groups is 2. The number of primary amides is 1. The fourth-order valence-electron chi connectivity index (χ4n) is 4.95. The molecule has 1 fully saturated rings. The predicted octanol–water partition coefficient (Wildman–Crippen LogP) is 7.77. The van der Waals surface area contributed by atoms with Crippen LogP contribution in [0.4, 0.5) is 0 Å². The molecule has 0 aliphatic carbocycles. The molecule has 5 heteroatoms. The van der Waals surface area contributed by atoms with Crippen LogP contribution in [0.15, 0.2) is 30.3 Å². The molecule has 0 spiro atoms. The SMILES string of the molecule is CCCCCCCCCCCCCCCCCCC(C(N)=O)N1C(=O)CSC1c1ccccc1. The molecule has 2 unspecified atom stereocenters. The molecule has 0 aromatic heterocycles. The van der Waals surface area contributed by atoms with E-state index in [0.29, 0.717) is 12.2 Å². The van der Waals surface area contributed by atoms with E-state index < -0.39 is 6.04 Å². The van der Waals surface area contributed by atoms with Gasteiger partial charge in [-0.3, -0.25) is 9.59 Å². The number of hydrogen-bond acceptors (Lipinski definition) is 3. The van der Waals surface area contributed by atoms with Gasteiger partial charge in [0, 0.05) is 0 Å². The summed E-state index contributed by atoms with van der Waals surface area (Å²) in [5.74, 6) is 0.0688. The predicted molar refractivity (Wildman–Crippen MR) is 146 cm³/mol. The van der Waals surface area contributed by atoms with E-state index in [1.807, 2.05) is 30.3 Å². The van der Waals surface area contributed by atoms with Crippen molar-refractivity contribution >= 4 is 23.6 Å². The minimum Gasteiger partial charge on any atom is -0.368 e. The second kappa shape index (κ2) is 17.9. The lowest BCUT2D eigenvalue weighted by Gasteiger charge is -2.31. The number of thioether (sulfide) groups is 1. The molecule has 2 atom stereocenters. The van der Waals surface area contributed by atoms with Crippen LogP contribution in [-0.2, 0) is 9.59 Å². The number of hydrogen-bond donors (Lipinski definition) is 1. The molecule has 1 aromatic carbocycles. The molecule has 4 nitrogen and oxygen atoms in total. The van der Waals surface area contributed by atoms with E-state index >= 15 is 0 Å². The van der Waals surface area contributed by atoms with Crippen LogP contribution in [-0.4, -0.2) is 28.5 Å². The van der Waals surface area contributed by atoms with Gasteiger partial charge in [0.2, 0.25) is 11.8 Å². The second-order valence-corrected chi connectivity index (χ2v) is 11.0. The summed E-state index contributed by atoms with van der Waals surface area (Å²) >= 11 is 1.59. The first-order valence-electron chi connectivity index (χ1n) is 13.9. The van der Waals surface area contributed by atoms with E-state index in [-0.39, 0.29) is 17.2 Å². The highest BCUT2D eigenvalue weighted by atomic mass is 32.2. The third-order valence-corrected chi connectivity index (χ3v) is 8.21. The fourth-order valence-corrected chi connectivity index (χ4v) is 6.18. The van der Waals surface area contributed by atoms with E-state index in [0.717, 1.165) is 18.4 Å². The molecule has 0 radical (unpaired) electrons. The molecule has 1 aliphatic rings. The highest BCUT2D eigenvalue weighted by Crippen LogP contribution is 2.40. The topological polar surface area (TPSA) is 63.4 Å². The van der Waals surface area contributed by atoms with Gasteiger partial charge in [0.15, 0.2) is 0 Å². The van der Waals surface area contributed by atoms with Crippen LogP contribution in [0.25, 0.3) is 0 Å². The van der Waals surface area contributed by atoms with Gasteiger partial charge in [-0.05, 0) is 12.0 Å². The molecule has 2 N–H and O–H groups in total. The smallest absolute Gasteiger partial charge is 0.240 e. The van der Waals surface area contributed by atoms with Crippen molar-refractivity contribution in [3.8, 4) is 0 Å². The van der Waals surface area contributed by atoms with Crippen LogP contribution >= 0.6 is 11.8 Å². The average Bonchev–Trinajstić information content (AvgIpc) is 3.22. The molecule has 0 saturated carbocycles. The molecule has 1 saturated heterocycles. The van der Waals surface area contributed by atoms with E-state index in [4.69, 9.17) is 5.73 Å². The van der Waals surface area contributed by atoms with Crippen molar-refractivity contribution in [3.63, 3.8) is 0 Å². The number of rotatable bonds is 20. The lowest BCUT2D eigenvalue weighted by atomic mass is 10.0. The van der Waals surface area contributed by atoms with Crippen molar-refractivity contribution in [1.82, 2.24) is 4.90 Å². The minimum atomic E-state index is -0.501. The van der Waals surface area contributed by atoms with Crippen LogP contribution in [0.5, 0.6) is 0 Å². The molecule has 1 aromatic rings. The van der Waals surface area contributed by atoms with Gasteiger partial charge in [-0.2, -0.15) is 0 Å².